The Kier molecular flexibility index (Phi) is 3.43. The van der Waals surface area contributed by atoms with E-state index >= 15 is 0 Å². The van der Waals surface area contributed by atoms with Crippen LogP contribution < -0.4 is 4.72 Å². The van der Waals surface area contributed by atoms with Crippen molar-refractivity contribution in [3.63, 3.8) is 0 Å². The van der Waals surface area contributed by atoms with E-state index in [4.69, 9.17) is 0 Å². The number of pyridine rings is 2. The largest absolute Gasteiger partial charge is 0.433 e. The fraction of sp³-hybridized carbons (Fsp3) is 0.0833. The molecule has 3 rings (SSSR count). The number of rotatable bonds is 3. The SMILES string of the molecule is O=S(=O)(Nc1ccc2nncn2c1)c1ccc(C(F)(F)F)nc1. The monoisotopic (exact) mass is 343 g/mol. The van der Waals surface area contributed by atoms with Gasteiger partial charge in [0.25, 0.3) is 10.0 Å². The maximum absolute atomic E-state index is 12.4. The number of hydrogen-bond acceptors (Lipinski definition) is 5. The third kappa shape index (κ3) is 3.08. The first kappa shape index (κ1) is 15.2. The summed E-state index contributed by atoms with van der Waals surface area (Å²) in [5.74, 6) is 0. The van der Waals surface area contributed by atoms with Crippen molar-refractivity contribution in [1.82, 2.24) is 19.6 Å². The zero-order chi connectivity index (χ0) is 16.7. The Morgan fingerprint density at radius 2 is 1.91 bits per heavy atom. The molecule has 3 heterocycles. The molecule has 0 fully saturated rings. The van der Waals surface area contributed by atoms with E-state index in [-0.39, 0.29) is 10.6 Å². The van der Waals surface area contributed by atoms with Crippen molar-refractivity contribution < 1.29 is 21.6 Å². The van der Waals surface area contributed by atoms with Gasteiger partial charge < -0.3 is 0 Å². The second-order valence-electron chi connectivity index (χ2n) is 4.50. The van der Waals surface area contributed by atoms with E-state index in [0.717, 1.165) is 6.07 Å². The summed E-state index contributed by atoms with van der Waals surface area (Å²) in [5, 5.41) is 7.42. The van der Waals surface area contributed by atoms with Crippen LogP contribution >= 0.6 is 0 Å². The number of anilines is 1. The zero-order valence-corrected chi connectivity index (χ0v) is 12.0. The lowest BCUT2D eigenvalue weighted by Gasteiger charge is -2.09. The summed E-state index contributed by atoms with van der Waals surface area (Å²) < 4.78 is 65.4. The van der Waals surface area contributed by atoms with Gasteiger partial charge in [0.1, 0.15) is 16.9 Å². The summed E-state index contributed by atoms with van der Waals surface area (Å²) in [6.45, 7) is 0. The molecule has 120 valence electrons. The number of nitrogens with zero attached hydrogens (tertiary/aromatic N) is 4. The molecule has 0 atom stereocenters. The van der Waals surface area contributed by atoms with Crippen LogP contribution in [0.4, 0.5) is 18.9 Å². The third-order valence-electron chi connectivity index (χ3n) is 2.88. The number of alkyl halides is 3. The molecule has 11 heteroatoms. The predicted molar refractivity (Wildman–Crippen MR) is 73.0 cm³/mol. The summed E-state index contributed by atoms with van der Waals surface area (Å²) in [6, 6.07) is 4.45. The van der Waals surface area contributed by atoms with Crippen molar-refractivity contribution >= 4 is 21.4 Å². The zero-order valence-electron chi connectivity index (χ0n) is 11.2. The molecule has 7 nitrogen and oxygen atoms in total. The lowest BCUT2D eigenvalue weighted by Crippen LogP contribution is -2.15. The minimum Gasteiger partial charge on any atom is -0.287 e. The Morgan fingerprint density at radius 3 is 2.57 bits per heavy atom. The Labute approximate surface area is 127 Å². The van der Waals surface area contributed by atoms with Gasteiger partial charge in [-0.25, -0.2) is 8.42 Å². The topological polar surface area (TPSA) is 89.2 Å². The minimum atomic E-state index is -4.63. The van der Waals surface area contributed by atoms with E-state index in [0.29, 0.717) is 17.9 Å². The predicted octanol–water partition coefficient (Wildman–Crippen LogP) is 1.94. The average Bonchev–Trinajstić information content (AvgIpc) is 2.93. The molecule has 3 aromatic heterocycles. The van der Waals surface area contributed by atoms with Crippen LogP contribution in [-0.2, 0) is 16.2 Å². The first-order valence-corrected chi connectivity index (χ1v) is 7.59. The second kappa shape index (κ2) is 5.19. The number of sulfonamides is 1. The number of nitrogens with one attached hydrogen (secondary N) is 1. The molecule has 0 aliphatic rings. The normalized spacial score (nSPS) is 12.5. The van der Waals surface area contributed by atoms with E-state index in [1.807, 2.05) is 0 Å². The lowest BCUT2D eigenvalue weighted by atomic mass is 10.3. The van der Waals surface area contributed by atoms with Crippen molar-refractivity contribution in [3.05, 3.63) is 48.7 Å². The molecular weight excluding hydrogens is 335 g/mol. The van der Waals surface area contributed by atoms with Gasteiger partial charge in [-0.1, -0.05) is 0 Å². The van der Waals surface area contributed by atoms with Gasteiger partial charge >= 0.3 is 6.18 Å². The van der Waals surface area contributed by atoms with E-state index in [1.54, 1.807) is 0 Å². The molecule has 0 saturated carbocycles. The average molecular weight is 343 g/mol. The summed E-state index contributed by atoms with van der Waals surface area (Å²) in [7, 11) is -4.06. The van der Waals surface area contributed by atoms with E-state index in [9.17, 15) is 21.6 Å². The highest BCUT2D eigenvalue weighted by Crippen LogP contribution is 2.28. The molecule has 3 aromatic rings. The van der Waals surface area contributed by atoms with E-state index < -0.39 is 21.9 Å². The van der Waals surface area contributed by atoms with Crippen LogP contribution in [-0.4, -0.2) is 28.0 Å². The first-order chi connectivity index (χ1) is 10.8. The van der Waals surface area contributed by atoms with Crippen LogP contribution in [0, 0.1) is 0 Å². The summed E-state index contributed by atoms with van der Waals surface area (Å²) in [6.07, 6.45) is -1.16. The molecule has 23 heavy (non-hydrogen) atoms. The summed E-state index contributed by atoms with van der Waals surface area (Å²) in [5.41, 5.74) is -0.441. The van der Waals surface area contributed by atoms with Crippen molar-refractivity contribution in [2.24, 2.45) is 0 Å². The minimum absolute atomic E-state index is 0.206. The molecule has 0 amide bonds. The maximum atomic E-state index is 12.4. The van der Waals surface area contributed by atoms with Gasteiger partial charge in [0.05, 0.1) is 5.69 Å². The van der Waals surface area contributed by atoms with Crippen LogP contribution in [0.15, 0.2) is 47.9 Å². The highest BCUT2D eigenvalue weighted by Gasteiger charge is 2.32. The molecule has 0 bridgehead atoms. The molecular formula is C12H8F3N5O2S. The van der Waals surface area contributed by atoms with Gasteiger partial charge in [-0.15, -0.1) is 10.2 Å². The van der Waals surface area contributed by atoms with Gasteiger partial charge in [0.15, 0.2) is 5.65 Å². The van der Waals surface area contributed by atoms with Crippen LogP contribution in [0.5, 0.6) is 0 Å². The Balaban J connectivity index is 1.88. The Morgan fingerprint density at radius 1 is 1.13 bits per heavy atom. The molecule has 1 N–H and O–H groups in total. The molecule has 0 aliphatic carbocycles. The molecule has 0 radical (unpaired) electrons. The van der Waals surface area contributed by atoms with Crippen molar-refractivity contribution in [1.29, 1.82) is 0 Å². The van der Waals surface area contributed by atoms with Crippen LogP contribution in [0.1, 0.15) is 5.69 Å². The van der Waals surface area contributed by atoms with E-state index in [1.165, 1.54) is 29.1 Å². The van der Waals surface area contributed by atoms with Crippen molar-refractivity contribution in [2.45, 2.75) is 11.1 Å². The number of hydrogen-bond donors (Lipinski definition) is 1. The molecule has 0 spiro atoms. The standard InChI is InChI=1S/C12H8F3N5O2S/c13-12(14,15)10-3-2-9(5-16-10)23(21,22)19-8-1-4-11-18-17-7-20(11)6-8/h1-7,19H. The molecule has 0 aromatic carbocycles. The summed E-state index contributed by atoms with van der Waals surface area (Å²) >= 11 is 0. The fourth-order valence-corrected chi connectivity index (χ4v) is 2.80. The van der Waals surface area contributed by atoms with Gasteiger partial charge in [0, 0.05) is 12.4 Å². The van der Waals surface area contributed by atoms with Crippen molar-refractivity contribution in [3.8, 4) is 0 Å². The molecule has 0 unspecified atom stereocenters. The fourth-order valence-electron chi connectivity index (χ4n) is 1.81. The van der Waals surface area contributed by atoms with Crippen molar-refractivity contribution in [2.75, 3.05) is 4.72 Å². The second-order valence-corrected chi connectivity index (χ2v) is 6.18. The number of fused-ring (bicyclic) bond motifs is 1. The summed E-state index contributed by atoms with van der Waals surface area (Å²) in [4.78, 5) is 2.75. The third-order valence-corrected chi connectivity index (χ3v) is 4.25. The smallest absolute Gasteiger partial charge is 0.287 e. The number of aromatic nitrogens is 4. The van der Waals surface area contributed by atoms with Crippen LogP contribution in [0.25, 0.3) is 5.65 Å². The van der Waals surface area contributed by atoms with Gasteiger partial charge in [-0.3, -0.25) is 14.1 Å². The molecule has 0 saturated heterocycles. The van der Waals surface area contributed by atoms with Crippen LogP contribution in [0.2, 0.25) is 0 Å². The Hall–Kier alpha value is -2.69. The van der Waals surface area contributed by atoms with Crippen LogP contribution in [0.3, 0.4) is 0 Å². The quantitative estimate of drug-likeness (QED) is 0.785. The van der Waals surface area contributed by atoms with Gasteiger partial charge in [-0.2, -0.15) is 13.2 Å². The van der Waals surface area contributed by atoms with Gasteiger partial charge in [0.2, 0.25) is 0 Å². The Bertz CT molecular complexity index is 951. The molecule has 0 aliphatic heterocycles. The van der Waals surface area contributed by atoms with Gasteiger partial charge in [-0.05, 0) is 24.3 Å². The lowest BCUT2D eigenvalue weighted by molar-refractivity contribution is -0.141. The number of halogens is 3. The van der Waals surface area contributed by atoms with E-state index in [2.05, 4.69) is 19.9 Å². The maximum Gasteiger partial charge on any atom is 0.433 e. The highest BCUT2D eigenvalue weighted by atomic mass is 32.2. The first-order valence-electron chi connectivity index (χ1n) is 6.11. The highest BCUT2D eigenvalue weighted by molar-refractivity contribution is 7.92.